The lowest BCUT2D eigenvalue weighted by Crippen LogP contribution is -2.07. The Kier molecular flexibility index (Phi) is 7.09. The maximum Gasteiger partial charge on any atom is 0.417 e. The number of para-hydroxylation sites is 1. The minimum absolute atomic E-state index is 0.0238. The molecule has 46 heavy (non-hydrogen) atoms. The fraction of sp³-hybridized carbons (Fsp3) is 0.0556. The van der Waals surface area contributed by atoms with Gasteiger partial charge >= 0.3 is 12.4 Å². The number of benzene rings is 4. The maximum absolute atomic E-state index is 13.6. The van der Waals surface area contributed by atoms with Gasteiger partial charge in [-0.25, -0.2) is 0 Å². The Morgan fingerprint density at radius 1 is 0.500 bits per heavy atom. The minimum atomic E-state index is -4.54. The van der Waals surface area contributed by atoms with Crippen LogP contribution >= 0.6 is 11.6 Å². The number of furan rings is 1. The summed E-state index contributed by atoms with van der Waals surface area (Å²) in [5.74, 6) is 0. The number of nitrogens with zero attached hydrogens (tertiary/aromatic N) is 2. The number of hydrogen-bond donors (Lipinski definition) is 0. The normalized spacial score (nSPS) is 12.2. The van der Waals surface area contributed by atoms with E-state index in [1.54, 1.807) is 24.3 Å². The summed E-state index contributed by atoms with van der Waals surface area (Å²) >= 11 is 6.53. The topological polar surface area (TPSA) is 38.9 Å². The molecule has 7 aromatic rings. The van der Waals surface area contributed by atoms with Crippen molar-refractivity contribution in [3.8, 4) is 44.8 Å². The molecule has 4 aromatic carbocycles. The van der Waals surface area contributed by atoms with E-state index in [0.717, 1.165) is 17.5 Å². The zero-order valence-electron chi connectivity index (χ0n) is 23.4. The molecule has 0 saturated carbocycles. The van der Waals surface area contributed by atoms with Crippen LogP contribution in [-0.4, -0.2) is 9.97 Å². The molecule has 0 spiro atoms. The molecular formula is C36H19ClF6N2O. The third kappa shape index (κ3) is 5.26. The molecule has 228 valence electrons. The quantitative estimate of drug-likeness (QED) is 0.179. The number of hydrogen-bond acceptors (Lipinski definition) is 3. The molecule has 10 heteroatoms. The van der Waals surface area contributed by atoms with E-state index in [1.807, 2.05) is 18.2 Å². The van der Waals surface area contributed by atoms with Crippen LogP contribution in [0.2, 0.25) is 5.02 Å². The Morgan fingerprint density at radius 3 is 1.52 bits per heavy atom. The van der Waals surface area contributed by atoms with E-state index in [4.69, 9.17) is 16.0 Å². The molecule has 0 aliphatic rings. The van der Waals surface area contributed by atoms with Crippen molar-refractivity contribution < 1.29 is 30.8 Å². The second kappa shape index (κ2) is 11.0. The molecule has 0 unspecified atom stereocenters. The smallest absolute Gasteiger partial charge is 0.417 e. The Labute approximate surface area is 262 Å². The van der Waals surface area contributed by atoms with Crippen LogP contribution in [-0.2, 0) is 12.4 Å². The first-order valence-electron chi connectivity index (χ1n) is 13.9. The van der Waals surface area contributed by atoms with Crippen LogP contribution in [0.15, 0.2) is 120 Å². The highest BCUT2D eigenvalue weighted by atomic mass is 35.5. The molecule has 0 radical (unpaired) electrons. The van der Waals surface area contributed by atoms with Gasteiger partial charge in [-0.3, -0.25) is 9.97 Å². The second-order valence-electron chi connectivity index (χ2n) is 10.6. The standard InChI is InChI=1S/C36H19ClF6N2O/c37-22-16-27(21-13-15-32(45-19-21)26-7-2-4-11-30(26)36(41,42)43)34-28(17-22)24-9-5-8-23(33(24)46-34)20-12-14-31(44-18-20)25-6-1-3-10-29(25)35(38,39)40/h1-19H. The van der Waals surface area contributed by atoms with E-state index >= 15 is 0 Å². The number of rotatable bonds is 4. The first-order valence-corrected chi connectivity index (χ1v) is 14.3. The summed E-state index contributed by atoms with van der Waals surface area (Å²) in [6, 6.07) is 25.9. The molecule has 3 aromatic heterocycles. The lowest BCUT2D eigenvalue weighted by Gasteiger charge is -2.12. The largest absolute Gasteiger partial charge is 0.455 e. The zero-order valence-corrected chi connectivity index (χ0v) is 24.2. The van der Waals surface area contributed by atoms with Crippen molar-refractivity contribution in [1.29, 1.82) is 0 Å². The molecule has 0 saturated heterocycles. The maximum atomic E-state index is 13.6. The third-order valence-electron chi connectivity index (χ3n) is 7.73. The van der Waals surface area contributed by atoms with Gasteiger partial charge in [0.25, 0.3) is 0 Å². The predicted molar refractivity (Wildman–Crippen MR) is 166 cm³/mol. The Balaban J connectivity index is 1.30. The fourth-order valence-electron chi connectivity index (χ4n) is 5.64. The molecule has 0 atom stereocenters. The molecule has 0 N–H and O–H groups in total. The van der Waals surface area contributed by atoms with Crippen molar-refractivity contribution in [2.75, 3.05) is 0 Å². The van der Waals surface area contributed by atoms with Gasteiger partial charge in [0, 0.05) is 61.6 Å². The molecule has 3 heterocycles. The summed E-state index contributed by atoms with van der Waals surface area (Å²) in [4.78, 5) is 8.70. The highest BCUT2D eigenvalue weighted by Crippen LogP contribution is 2.43. The van der Waals surface area contributed by atoms with Crippen LogP contribution in [0.25, 0.3) is 66.7 Å². The summed E-state index contributed by atoms with van der Waals surface area (Å²) in [7, 11) is 0. The average Bonchev–Trinajstić information content (AvgIpc) is 3.42. The van der Waals surface area contributed by atoms with E-state index in [-0.39, 0.29) is 22.5 Å². The zero-order chi connectivity index (χ0) is 32.2. The van der Waals surface area contributed by atoms with Gasteiger partial charge in [0.2, 0.25) is 0 Å². The Morgan fingerprint density at radius 2 is 1.00 bits per heavy atom. The fourth-order valence-corrected chi connectivity index (χ4v) is 5.86. The van der Waals surface area contributed by atoms with Gasteiger partial charge in [-0.1, -0.05) is 78.3 Å². The first kappa shape index (κ1) is 29.6. The van der Waals surface area contributed by atoms with Crippen LogP contribution < -0.4 is 0 Å². The van der Waals surface area contributed by atoms with Crippen molar-refractivity contribution in [3.63, 3.8) is 0 Å². The van der Waals surface area contributed by atoms with Crippen molar-refractivity contribution in [3.05, 3.63) is 132 Å². The molecule has 0 bridgehead atoms. The molecular weight excluding hydrogens is 626 g/mol. The van der Waals surface area contributed by atoms with E-state index < -0.39 is 23.5 Å². The lowest BCUT2D eigenvalue weighted by molar-refractivity contribution is -0.137. The van der Waals surface area contributed by atoms with Gasteiger partial charge in [-0.05, 0) is 36.4 Å². The number of pyridine rings is 2. The van der Waals surface area contributed by atoms with E-state index in [0.29, 0.717) is 43.8 Å². The van der Waals surface area contributed by atoms with Crippen molar-refractivity contribution in [2.24, 2.45) is 0 Å². The lowest BCUT2D eigenvalue weighted by atomic mass is 9.99. The van der Waals surface area contributed by atoms with Gasteiger partial charge in [0.1, 0.15) is 11.2 Å². The number of aromatic nitrogens is 2. The predicted octanol–water partition coefficient (Wildman–Crippen LogP) is 11.7. The molecule has 0 fully saturated rings. The van der Waals surface area contributed by atoms with Crippen molar-refractivity contribution in [1.82, 2.24) is 9.97 Å². The van der Waals surface area contributed by atoms with E-state index in [2.05, 4.69) is 9.97 Å². The van der Waals surface area contributed by atoms with Crippen LogP contribution in [0.4, 0.5) is 26.3 Å². The monoisotopic (exact) mass is 644 g/mol. The van der Waals surface area contributed by atoms with Crippen molar-refractivity contribution in [2.45, 2.75) is 12.4 Å². The van der Waals surface area contributed by atoms with E-state index in [1.165, 1.54) is 60.9 Å². The summed E-state index contributed by atoms with van der Waals surface area (Å²) < 4.78 is 88.1. The number of alkyl halides is 6. The Hall–Kier alpha value is -5.15. The minimum Gasteiger partial charge on any atom is -0.455 e. The molecule has 0 aliphatic heterocycles. The molecule has 0 amide bonds. The third-order valence-corrected chi connectivity index (χ3v) is 7.95. The SMILES string of the molecule is FC(F)(F)c1ccccc1-c1ccc(-c2cccc3c2oc2c(-c4ccc(-c5ccccc5C(F)(F)F)nc4)cc(Cl)cc23)cn1. The van der Waals surface area contributed by atoms with Crippen molar-refractivity contribution >= 4 is 33.5 Å². The Bertz CT molecular complexity index is 2240. The van der Waals surface area contributed by atoms with Gasteiger partial charge in [-0.2, -0.15) is 26.3 Å². The van der Waals surface area contributed by atoms with Gasteiger partial charge in [0.05, 0.1) is 22.5 Å². The van der Waals surface area contributed by atoms with E-state index in [9.17, 15) is 26.3 Å². The van der Waals surface area contributed by atoms with Crippen LogP contribution in [0.1, 0.15) is 11.1 Å². The first-order chi connectivity index (χ1) is 22.0. The second-order valence-corrected chi connectivity index (χ2v) is 11.0. The van der Waals surface area contributed by atoms with Crippen LogP contribution in [0, 0.1) is 0 Å². The van der Waals surface area contributed by atoms with Crippen LogP contribution in [0.3, 0.4) is 0 Å². The summed E-state index contributed by atoms with van der Waals surface area (Å²) in [5.41, 5.74) is 2.18. The number of fused-ring (bicyclic) bond motifs is 3. The van der Waals surface area contributed by atoms with Crippen LogP contribution in [0.5, 0.6) is 0 Å². The van der Waals surface area contributed by atoms with Gasteiger partial charge in [-0.15, -0.1) is 0 Å². The van der Waals surface area contributed by atoms with Gasteiger partial charge in [0.15, 0.2) is 0 Å². The summed E-state index contributed by atoms with van der Waals surface area (Å²) in [6.45, 7) is 0. The molecule has 0 aliphatic carbocycles. The molecule has 7 rings (SSSR count). The molecule has 3 nitrogen and oxygen atoms in total. The average molecular weight is 645 g/mol. The summed E-state index contributed by atoms with van der Waals surface area (Å²) in [5, 5.41) is 1.86. The highest BCUT2D eigenvalue weighted by Gasteiger charge is 2.34. The highest BCUT2D eigenvalue weighted by molar-refractivity contribution is 6.32. The number of halogens is 7. The summed E-state index contributed by atoms with van der Waals surface area (Å²) in [6.07, 6.45) is -6.09. The van der Waals surface area contributed by atoms with Gasteiger partial charge < -0.3 is 4.42 Å².